The molecule has 0 aliphatic heterocycles. The van der Waals surface area contributed by atoms with Crippen LogP contribution in [0, 0.1) is 0 Å². The van der Waals surface area contributed by atoms with Crippen molar-refractivity contribution < 1.29 is 9.53 Å². The number of nitrogens with zero attached hydrogens (tertiary/aromatic N) is 1. The fourth-order valence-corrected chi connectivity index (χ4v) is 1.45. The van der Waals surface area contributed by atoms with E-state index in [1.165, 1.54) is 6.21 Å². The van der Waals surface area contributed by atoms with Gasteiger partial charge in [-0.3, -0.25) is 0 Å². The zero-order chi connectivity index (χ0) is 13.5. The van der Waals surface area contributed by atoms with E-state index in [9.17, 15) is 4.79 Å². The molecule has 0 spiro atoms. The van der Waals surface area contributed by atoms with Crippen LogP contribution in [0.5, 0.6) is 11.5 Å². The summed E-state index contributed by atoms with van der Waals surface area (Å²) in [5.41, 5.74) is 7.82. The van der Waals surface area contributed by atoms with Crippen LogP contribution >= 0.6 is 0 Å². The van der Waals surface area contributed by atoms with Crippen molar-refractivity contribution in [3.8, 4) is 11.5 Å². The van der Waals surface area contributed by atoms with Gasteiger partial charge in [-0.1, -0.05) is 30.3 Å². The van der Waals surface area contributed by atoms with Gasteiger partial charge in [0.2, 0.25) is 0 Å². The van der Waals surface area contributed by atoms with Crippen molar-refractivity contribution in [2.24, 2.45) is 10.8 Å². The Hall–Kier alpha value is -2.82. The summed E-state index contributed by atoms with van der Waals surface area (Å²) in [7, 11) is 0. The number of para-hydroxylation sites is 1. The summed E-state index contributed by atoms with van der Waals surface area (Å²) < 4.78 is 5.67. The van der Waals surface area contributed by atoms with E-state index in [2.05, 4.69) is 10.5 Å². The molecule has 3 N–H and O–H groups in total. The average Bonchev–Trinajstić information content (AvgIpc) is 2.40. The molecule has 19 heavy (non-hydrogen) atoms. The van der Waals surface area contributed by atoms with Crippen molar-refractivity contribution in [1.29, 1.82) is 0 Å². The lowest BCUT2D eigenvalue weighted by molar-refractivity contribution is 0.249. The third-order valence-electron chi connectivity index (χ3n) is 2.23. The molecule has 0 saturated heterocycles. The molecule has 0 atom stereocenters. The molecular weight excluding hydrogens is 242 g/mol. The van der Waals surface area contributed by atoms with E-state index < -0.39 is 6.03 Å². The highest BCUT2D eigenvalue weighted by Gasteiger charge is 1.97. The van der Waals surface area contributed by atoms with Crippen LogP contribution < -0.4 is 15.9 Å². The van der Waals surface area contributed by atoms with Crippen LogP contribution in [0.3, 0.4) is 0 Å². The number of nitrogens with one attached hydrogen (secondary N) is 1. The number of rotatable bonds is 4. The van der Waals surface area contributed by atoms with Gasteiger partial charge >= 0.3 is 6.03 Å². The summed E-state index contributed by atoms with van der Waals surface area (Å²) >= 11 is 0. The average molecular weight is 255 g/mol. The van der Waals surface area contributed by atoms with Gasteiger partial charge in [0.05, 0.1) is 6.21 Å². The largest absolute Gasteiger partial charge is 0.457 e. The number of hydrazone groups is 1. The number of primary amides is 1. The number of hydrogen-bond acceptors (Lipinski definition) is 3. The van der Waals surface area contributed by atoms with Gasteiger partial charge in [-0.2, -0.15) is 5.10 Å². The fraction of sp³-hybridized carbons (Fsp3) is 0. The second kappa shape index (κ2) is 6.20. The Balaban J connectivity index is 2.07. The molecule has 0 radical (unpaired) electrons. The van der Waals surface area contributed by atoms with E-state index in [1.54, 1.807) is 6.07 Å². The zero-order valence-electron chi connectivity index (χ0n) is 10.1. The predicted molar refractivity (Wildman–Crippen MR) is 73.3 cm³/mol. The molecule has 0 saturated carbocycles. The van der Waals surface area contributed by atoms with Crippen molar-refractivity contribution in [2.45, 2.75) is 0 Å². The minimum atomic E-state index is -0.701. The minimum Gasteiger partial charge on any atom is -0.457 e. The highest BCUT2D eigenvalue weighted by Crippen LogP contribution is 2.21. The fourth-order valence-electron chi connectivity index (χ4n) is 1.45. The van der Waals surface area contributed by atoms with Gasteiger partial charge < -0.3 is 10.5 Å². The van der Waals surface area contributed by atoms with Crippen LogP contribution in [0.2, 0.25) is 0 Å². The standard InChI is InChI=1S/C14H13N3O2/c15-14(18)17-16-10-11-5-4-8-13(9-11)19-12-6-2-1-3-7-12/h1-10H,(H3,15,17,18). The summed E-state index contributed by atoms with van der Waals surface area (Å²) in [6, 6.07) is 16.1. The topological polar surface area (TPSA) is 76.7 Å². The quantitative estimate of drug-likeness (QED) is 0.650. The van der Waals surface area contributed by atoms with Gasteiger partial charge in [0.25, 0.3) is 0 Å². The minimum absolute atomic E-state index is 0.689. The van der Waals surface area contributed by atoms with E-state index in [4.69, 9.17) is 10.5 Å². The summed E-state index contributed by atoms with van der Waals surface area (Å²) in [6.45, 7) is 0. The summed E-state index contributed by atoms with van der Waals surface area (Å²) in [4.78, 5) is 10.5. The van der Waals surface area contributed by atoms with E-state index in [1.807, 2.05) is 48.5 Å². The molecule has 2 rings (SSSR count). The Kier molecular flexibility index (Phi) is 4.12. The number of carbonyl (C=O) groups is 1. The predicted octanol–water partition coefficient (Wildman–Crippen LogP) is 2.48. The maximum Gasteiger partial charge on any atom is 0.332 e. The van der Waals surface area contributed by atoms with Gasteiger partial charge in [-0.15, -0.1) is 0 Å². The lowest BCUT2D eigenvalue weighted by Crippen LogP contribution is -2.24. The molecule has 0 fully saturated rings. The maximum absolute atomic E-state index is 10.5. The number of amides is 2. The van der Waals surface area contributed by atoms with Crippen LogP contribution in [0.4, 0.5) is 4.79 Å². The number of benzene rings is 2. The van der Waals surface area contributed by atoms with Crippen molar-refractivity contribution in [3.05, 3.63) is 60.2 Å². The monoisotopic (exact) mass is 255 g/mol. The van der Waals surface area contributed by atoms with Crippen LogP contribution in [0.1, 0.15) is 5.56 Å². The lowest BCUT2D eigenvalue weighted by atomic mass is 10.2. The molecule has 0 bridgehead atoms. The first-order valence-corrected chi connectivity index (χ1v) is 5.65. The van der Waals surface area contributed by atoms with Gasteiger partial charge in [-0.25, -0.2) is 10.2 Å². The van der Waals surface area contributed by atoms with Crippen LogP contribution in [0.15, 0.2) is 59.7 Å². The number of hydrogen-bond donors (Lipinski definition) is 2. The van der Waals surface area contributed by atoms with Gasteiger partial charge in [0.15, 0.2) is 0 Å². The summed E-state index contributed by atoms with van der Waals surface area (Å²) in [6.07, 6.45) is 1.49. The number of ether oxygens (including phenoxy) is 1. The molecule has 0 unspecified atom stereocenters. The molecule has 2 aromatic carbocycles. The number of carbonyl (C=O) groups excluding carboxylic acids is 1. The normalized spacial score (nSPS) is 10.3. The highest BCUT2D eigenvalue weighted by atomic mass is 16.5. The molecule has 96 valence electrons. The molecule has 5 heteroatoms. The Labute approximate surface area is 110 Å². The van der Waals surface area contributed by atoms with Crippen molar-refractivity contribution in [3.63, 3.8) is 0 Å². The van der Waals surface area contributed by atoms with Crippen LogP contribution in [-0.2, 0) is 0 Å². The van der Waals surface area contributed by atoms with Crippen molar-refractivity contribution >= 4 is 12.2 Å². The number of nitrogens with two attached hydrogens (primary N) is 1. The van der Waals surface area contributed by atoms with Crippen LogP contribution in [-0.4, -0.2) is 12.2 Å². The van der Waals surface area contributed by atoms with E-state index >= 15 is 0 Å². The maximum atomic E-state index is 10.5. The summed E-state index contributed by atoms with van der Waals surface area (Å²) in [5.74, 6) is 1.45. The zero-order valence-corrected chi connectivity index (χ0v) is 10.1. The Bertz CT molecular complexity index is 582. The first-order valence-electron chi connectivity index (χ1n) is 5.65. The molecule has 5 nitrogen and oxygen atoms in total. The summed E-state index contributed by atoms with van der Waals surface area (Å²) in [5, 5.41) is 3.68. The molecule has 2 aromatic rings. The smallest absolute Gasteiger partial charge is 0.332 e. The molecular formula is C14H13N3O2. The second-order valence-electron chi connectivity index (χ2n) is 3.72. The number of urea groups is 1. The molecule has 0 heterocycles. The lowest BCUT2D eigenvalue weighted by Gasteiger charge is -2.05. The van der Waals surface area contributed by atoms with E-state index in [-0.39, 0.29) is 0 Å². The molecule has 0 aromatic heterocycles. The van der Waals surface area contributed by atoms with Crippen molar-refractivity contribution in [1.82, 2.24) is 5.43 Å². The van der Waals surface area contributed by atoms with Crippen molar-refractivity contribution in [2.75, 3.05) is 0 Å². The second-order valence-corrected chi connectivity index (χ2v) is 3.72. The van der Waals surface area contributed by atoms with Crippen LogP contribution in [0.25, 0.3) is 0 Å². The van der Waals surface area contributed by atoms with E-state index in [0.717, 1.165) is 11.3 Å². The third-order valence-corrected chi connectivity index (χ3v) is 2.23. The third kappa shape index (κ3) is 4.16. The Morgan fingerprint density at radius 2 is 1.84 bits per heavy atom. The van der Waals surface area contributed by atoms with Gasteiger partial charge in [0, 0.05) is 0 Å². The first-order chi connectivity index (χ1) is 9.24. The molecule has 0 aliphatic rings. The molecule has 0 aliphatic carbocycles. The Morgan fingerprint density at radius 3 is 2.58 bits per heavy atom. The molecule has 2 amide bonds. The van der Waals surface area contributed by atoms with E-state index in [0.29, 0.717) is 5.75 Å². The highest BCUT2D eigenvalue weighted by molar-refractivity contribution is 5.81. The van der Waals surface area contributed by atoms with Gasteiger partial charge in [0.1, 0.15) is 11.5 Å². The first kappa shape index (κ1) is 12.6. The van der Waals surface area contributed by atoms with Gasteiger partial charge in [-0.05, 0) is 29.8 Å². The SMILES string of the molecule is NC(=O)NN=Cc1cccc(Oc2ccccc2)c1. The Morgan fingerprint density at radius 1 is 1.11 bits per heavy atom.